The maximum absolute atomic E-state index is 13.2. The van der Waals surface area contributed by atoms with Gasteiger partial charge in [0.1, 0.15) is 5.82 Å². The van der Waals surface area contributed by atoms with Gasteiger partial charge in [-0.25, -0.2) is 4.39 Å². The van der Waals surface area contributed by atoms with E-state index in [1.807, 2.05) is 13.0 Å². The summed E-state index contributed by atoms with van der Waals surface area (Å²) in [6, 6.07) is 11.2. The van der Waals surface area contributed by atoms with E-state index in [4.69, 9.17) is 11.6 Å². The number of carbonyl (C=O) groups excluding carboxylic acids is 1. The number of aromatic nitrogens is 1. The van der Waals surface area contributed by atoms with Crippen molar-refractivity contribution in [2.24, 2.45) is 0 Å². The van der Waals surface area contributed by atoms with E-state index < -0.39 is 5.82 Å². The first-order valence-corrected chi connectivity index (χ1v) is 8.17. The first-order chi connectivity index (χ1) is 11.9. The summed E-state index contributed by atoms with van der Waals surface area (Å²) >= 11 is 6.03. The first-order valence-electron chi connectivity index (χ1n) is 7.80. The van der Waals surface area contributed by atoms with Gasteiger partial charge in [-0.3, -0.25) is 9.59 Å². The van der Waals surface area contributed by atoms with Gasteiger partial charge in [0.2, 0.25) is 5.91 Å². The van der Waals surface area contributed by atoms with Gasteiger partial charge in [0.15, 0.2) is 0 Å². The van der Waals surface area contributed by atoms with Gasteiger partial charge in [-0.15, -0.1) is 0 Å². The van der Waals surface area contributed by atoms with Crippen molar-refractivity contribution in [3.63, 3.8) is 0 Å². The molecule has 0 bridgehead atoms. The number of aromatic amines is 1. The Balaban J connectivity index is 1.70. The molecular weight excluding hydrogens is 343 g/mol. The molecule has 128 valence electrons. The Morgan fingerprint density at radius 3 is 2.76 bits per heavy atom. The SMILES string of the molecule is Cc1ccc(NC(=O)CCc2cc3ccc(F)cc3[nH]c2=O)cc1Cl. The molecule has 1 aromatic heterocycles. The fraction of sp³-hybridized carbons (Fsp3) is 0.158. The number of pyridine rings is 1. The van der Waals surface area contributed by atoms with Crippen LogP contribution in [0.2, 0.25) is 5.02 Å². The predicted molar refractivity (Wildman–Crippen MR) is 97.7 cm³/mol. The maximum Gasteiger partial charge on any atom is 0.251 e. The Morgan fingerprint density at radius 2 is 2.00 bits per heavy atom. The molecule has 0 unspecified atom stereocenters. The molecule has 0 aliphatic rings. The quantitative estimate of drug-likeness (QED) is 0.734. The molecule has 3 rings (SSSR count). The number of rotatable bonds is 4. The smallest absolute Gasteiger partial charge is 0.251 e. The fourth-order valence-electron chi connectivity index (χ4n) is 2.55. The van der Waals surface area contributed by atoms with Crippen molar-refractivity contribution < 1.29 is 9.18 Å². The number of H-pyrrole nitrogens is 1. The standard InChI is InChI=1S/C19H16ClFN2O2/c1-11-2-6-15(10-16(11)20)22-18(24)7-4-13-8-12-3-5-14(21)9-17(12)23-19(13)25/h2-3,5-6,8-10H,4,7H2,1H3,(H,22,24)(H,23,25). The lowest BCUT2D eigenvalue weighted by atomic mass is 10.1. The lowest BCUT2D eigenvalue weighted by molar-refractivity contribution is -0.116. The average Bonchev–Trinajstić information content (AvgIpc) is 2.56. The van der Waals surface area contributed by atoms with Crippen molar-refractivity contribution in [3.05, 3.63) is 74.8 Å². The molecule has 0 saturated carbocycles. The van der Waals surface area contributed by atoms with Gasteiger partial charge >= 0.3 is 0 Å². The second kappa shape index (κ2) is 7.07. The van der Waals surface area contributed by atoms with Crippen LogP contribution in [0.25, 0.3) is 10.9 Å². The molecule has 2 aromatic carbocycles. The van der Waals surface area contributed by atoms with Crippen LogP contribution in [0, 0.1) is 12.7 Å². The van der Waals surface area contributed by atoms with Crippen LogP contribution in [0.3, 0.4) is 0 Å². The van der Waals surface area contributed by atoms with E-state index in [1.54, 1.807) is 24.3 Å². The highest BCUT2D eigenvalue weighted by molar-refractivity contribution is 6.31. The summed E-state index contributed by atoms with van der Waals surface area (Å²) in [4.78, 5) is 26.8. The minimum Gasteiger partial charge on any atom is -0.326 e. The normalized spacial score (nSPS) is 10.8. The van der Waals surface area contributed by atoms with E-state index in [2.05, 4.69) is 10.3 Å². The highest BCUT2D eigenvalue weighted by atomic mass is 35.5. The van der Waals surface area contributed by atoms with Gasteiger partial charge in [-0.05, 0) is 60.7 Å². The number of aryl methyl sites for hydroxylation is 2. The van der Waals surface area contributed by atoms with Gasteiger partial charge in [0, 0.05) is 22.7 Å². The summed E-state index contributed by atoms with van der Waals surface area (Å²) < 4.78 is 13.2. The van der Waals surface area contributed by atoms with Crippen LogP contribution in [-0.4, -0.2) is 10.9 Å². The minimum atomic E-state index is -0.410. The van der Waals surface area contributed by atoms with E-state index in [1.165, 1.54) is 12.1 Å². The molecule has 0 atom stereocenters. The number of amides is 1. The molecular formula is C19H16ClFN2O2. The molecule has 6 heteroatoms. The molecule has 25 heavy (non-hydrogen) atoms. The maximum atomic E-state index is 13.2. The zero-order valence-electron chi connectivity index (χ0n) is 13.5. The van der Waals surface area contributed by atoms with Crippen LogP contribution in [0.15, 0.2) is 47.3 Å². The predicted octanol–water partition coefficient (Wildman–Crippen LogP) is 4.20. The third kappa shape index (κ3) is 4.06. The molecule has 0 radical (unpaired) electrons. The van der Waals surface area contributed by atoms with Gasteiger partial charge in [-0.2, -0.15) is 0 Å². The number of benzene rings is 2. The van der Waals surface area contributed by atoms with E-state index in [0.717, 1.165) is 10.9 Å². The summed E-state index contributed by atoms with van der Waals surface area (Å²) in [5.41, 5.74) is 2.15. The van der Waals surface area contributed by atoms with Gasteiger partial charge < -0.3 is 10.3 Å². The summed E-state index contributed by atoms with van der Waals surface area (Å²) in [6.45, 7) is 1.88. The van der Waals surface area contributed by atoms with Gasteiger partial charge in [0.05, 0.1) is 5.52 Å². The second-order valence-electron chi connectivity index (χ2n) is 5.87. The third-order valence-corrected chi connectivity index (χ3v) is 4.37. The van der Waals surface area contributed by atoms with Crippen molar-refractivity contribution in [2.45, 2.75) is 19.8 Å². The lowest BCUT2D eigenvalue weighted by Gasteiger charge is -2.07. The monoisotopic (exact) mass is 358 g/mol. The molecule has 3 aromatic rings. The molecule has 0 aliphatic carbocycles. The Bertz CT molecular complexity index is 1010. The molecule has 0 fully saturated rings. The van der Waals surface area contributed by atoms with Crippen LogP contribution in [0.4, 0.5) is 10.1 Å². The Kier molecular flexibility index (Phi) is 4.86. The topological polar surface area (TPSA) is 62.0 Å². The molecule has 1 amide bonds. The second-order valence-corrected chi connectivity index (χ2v) is 6.27. The van der Waals surface area contributed by atoms with Crippen molar-refractivity contribution in [1.82, 2.24) is 4.98 Å². The lowest BCUT2D eigenvalue weighted by Crippen LogP contribution is -2.17. The van der Waals surface area contributed by atoms with Gasteiger partial charge in [0.25, 0.3) is 5.56 Å². The number of carbonyl (C=O) groups is 1. The van der Waals surface area contributed by atoms with Crippen molar-refractivity contribution in [2.75, 3.05) is 5.32 Å². The first kappa shape index (κ1) is 17.2. The zero-order valence-corrected chi connectivity index (χ0v) is 14.3. The van der Waals surface area contributed by atoms with Crippen LogP contribution < -0.4 is 10.9 Å². The number of hydrogen-bond donors (Lipinski definition) is 2. The summed E-state index contributed by atoms with van der Waals surface area (Å²) in [7, 11) is 0. The van der Waals surface area contributed by atoms with Crippen LogP contribution in [0.5, 0.6) is 0 Å². The van der Waals surface area contributed by atoms with Gasteiger partial charge in [-0.1, -0.05) is 17.7 Å². The van der Waals surface area contributed by atoms with E-state index in [9.17, 15) is 14.0 Å². The van der Waals surface area contributed by atoms with Crippen molar-refractivity contribution in [1.29, 1.82) is 0 Å². The number of halogens is 2. The summed E-state index contributed by atoms with van der Waals surface area (Å²) in [5, 5.41) is 4.06. The van der Waals surface area contributed by atoms with E-state index in [0.29, 0.717) is 21.8 Å². The number of nitrogens with one attached hydrogen (secondary N) is 2. The number of fused-ring (bicyclic) bond motifs is 1. The van der Waals surface area contributed by atoms with Crippen LogP contribution in [0.1, 0.15) is 17.5 Å². The van der Waals surface area contributed by atoms with E-state index >= 15 is 0 Å². The summed E-state index contributed by atoms with van der Waals surface area (Å²) in [6.07, 6.45) is 0.440. The Morgan fingerprint density at radius 1 is 1.20 bits per heavy atom. The molecule has 1 heterocycles. The third-order valence-electron chi connectivity index (χ3n) is 3.96. The fourth-order valence-corrected chi connectivity index (χ4v) is 2.73. The molecule has 0 saturated heterocycles. The van der Waals surface area contributed by atoms with E-state index in [-0.39, 0.29) is 24.3 Å². The minimum absolute atomic E-state index is 0.154. The number of anilines is 1. The highest BCUT2D eigenvalue weighted by Crippen LogP contribution is 2.20. The Labute approximate surface area is 148 Å². The number of hydrogen-bond acceptors (Lipinski definition) is 2. The van der Waals surface area contributed by atoms with Crippen molar-refractivity contribution in [3.8, 4) is 0 Å². The molecule has 0 spiro atoms. The zero-order chi connectivity index (χ0) is 18.0. The largest absolute Gasteiger partial charge is 0.326 e. The Hall–Kier alpha value is -2.66. The highest BCUT2D eigenvalue weighted by Gasteiger charge is 2.08. The summed E-state index contributed by atoms with van der Waals surface area (Å²) in [5.74, 6) is -0.620. The molecule has 4 nitrogen and oxygen atoms in total. The molecule has 2 N–H and O–H groups in total. The van der Waals surface area contributed by atoms with Crippen LogP contribution >= 0.6 is 11.6 Å². The average molecular weight is 359 g/mol. The van der Waals surface area contributed by atoms with Crippen LogP contribution in [-0.2, 0) is 11.2 Å². The molecule has 0 aliphatic heterocycles. The van der Waals surface area contributed by atoms with Crippen molar-refractivity contribution >= 4 is 34.1 Å².